The van der Waals surface area contributed by atoms with Crippen LogP contribution in [0.15, 0.2) is 18.2 Å². The van der Waals surface area contributed by atoms with Crippen molar-refractivity contribution >= 4 is 5.69 Å². The van der Waals surface area contributed by atoms with Crippen LogP contribution in [-0.4, -0.2) is 18.3 Å². The van der Waals surface area contributed by atoms with E-state index in [1.165, 1.54) is 5.56 Å². The van der Waals surface area contributed by atoms with Gasteiger partial charge in [0.15, 0.2) is 0 Å². The number of hydrogen-bond acceptors (Lipinski definition) is 3. The molecule has 1 aromatic carbocycles. The first-order valence-corrected chi connectivity index (χ1v) is 5.09. The minimum Gasteiger partial charge on any atom is -0.489 e. The molecule has 0 fully saturated rings. The van der Waals surface area contributed by atoms with Crippen LogP contribution in [0.25, 0.3) is 0 Å². The summed E-state index contributed by atoms with van der Waals surface area (Å²) in [5.41, 5.74) is 7.74. The molecular weight excluding hydrogens is 190 g/mol. The van der Waals surface area contributed by atoms with E-state index in [1.54, 1.807) is 0 Å². The molecule has 0 spiro atoms. The van der Waals surface area contributed by atoms with Crippen molar-refractivity contribution in [2.45, 2.75) is 26.2 Å². The van der Waals surface area contributed by atoms with Gasteiger partial charge in [0.05, 0.1) is 12.3 Å². The van der Waals surface area contributed by atoms with E-state index in [-0.39, 0.29) is 18.6 Å². The van der Waals surface area contributed by atoms with Crippen molar-refractivity contribution in [3.63, 3.8) is 0 Å². The lowest BCUT2D eigenvalue weighted by Crippen LogP contribution is -2.12. The van der Waals surface area contributed by atoms with Crippen LogP contribution in [-0.2, 0) is 5.41 Å². The van der Waals surface area contributed by atoms with Crippen molar-refractivity contribution in [1.29, 1.82) is 0 Å². The van der Waals surface area contributed by atoms with E-state index < -0.39 is 0 Å². The zero-order chi connectivity index (χ0) is 11.5. The summed E-state index contributed by atoms with van der Waals surface area (Å²) in [6.45, 7) is 6.68. The first kappa shape index (κ1) is 11.9. The Bertz CT molecular complexity index is 329. The standard InChI is InChI=1S/C12H19NO2/c1-12(2,3)9-4-5-11(10(13)8-9)15-7-6-14/h4-5,8,14H,6-7,13H2,1-3H3. The quantitative estimate of drug-likeness (QED) is 0.748. The van der Waals surface area contributed by atoms with E-state index in [9.17, 15) is 0 Å². The zero-order valence-corrected chi connectivity index (χ0v) is 9.58. The Balaban J connectivity index is 2.88. The van der Waals surface area contributed by atoms with Crippen molar-refractivity contribution in [2.75, 3.05) is 18.9 Å². The van der Waals surface area contributed by atoms with Gasteiger partial charge in [0.1, 0.15) is 12.4 Å². The summed E-state index contributed by atoms with van der Waals surface area (Å²) in [6.07, 6.45) is 0. The van der Waals surface area contributed by atoms with Crippen LogP contribution in [0.5, 0.6) is 5.75 Å². The third-order valence-electron chi connectivity index (χ3n) is 2.22. The number of ether oxygens (including phenoxy) is 1. The normalized spacial score (nSPS) is 11.5. The molecule has 0 saturated carbocycles. The lowest BCUT2D eigenvalue weighted by molar-refractivity contribution is 0.202. The molecule has 1 rings (SSSR count). The summed E-state index contributed by atoms with van der Waals surface area (Å²) < 4.78 is 5.28. The second-order valence-corrected chi connectivity index (χ2v) is 4.57. The van der Waals surface area contributed by atoms with Crippen LogP contribution in [0.4, 0.5) is 5.69 Å². The fourth-order valence-electron chi connectivity index (χ4n) is 1.30. The van der Waals surface area contributed by atoms with Crippen molar-refractivity contribution in [3.8, 4) is 5.75 Å². The molecule has 0 heterocycles. The smallest absolute Gasteiger partial charge is 0.142 e. The number of anilines is 1. The van der Waals surface area contributed by atoms with Crippen molar-refractivity contribution < 1.29 is 9.84 Å². The molecule has 0 saturated heterocycles. The van der Waals surface area contributed by atoms with Crippen molar-refractivity contribution in [2.24, 2.45) is 0 Å². The van der Waals surface area contributed by atoms with Gasteiger partial charge in [0, 0.05) is 0 Å². The number of rotatable bonds is 3. The van der Waals surface area contributed by atoms with Gasteiger partial charge in [-0.3, -0.25) is 0 Å². The Morgan fingerprint density at radius 3 is 2.47 bits per heavy atom. The molecule has 0 radical (unpaired) electrons. The van der Waals surface area contributed by atoms with Crippen molar-refractivity contribution in [3.05, 3.63) is 23.8 Å². The number of nitrogen functional groups attached to an aromatic ring is 1. The number of aliphatic hydroxyl groups is 1. The van der Waals surface area contributed by atoms with Gasteiger partial charge in [-0.15, -0.1) is 0 Å². The Morgan fingerprint density at radius 1 is 1.33 bits per heavy atom. The molecule has 3 heteroatoms. The zero-order valence-electron chi connectivity index (χ0n) is 9.58. The molecule has 3 N–H and O–H groups in total. The van der Waals surface area contributed by atoms with Gasteiger partial charge in [-0.05, 0) is 23.1 Å². The topological polar surface area (TPSA) is 55.5 Å². The monoisotopic (exact) mass is 209 g/mol. The average Bonchev–Trinajstić information content (AvgIpc) is 2.14. The minimum atomic E-state index is 0.000459. The van der Waals surface area contributed by atoms with Crippen molar-refractivity contribution in [1.82, 2.24) is 0 Å². The summed E-state index contributed by atoms with van der Waals surface area (Å²) in [4.78, 5) is 0. The van der Waals surface area contributed by atoms with E-state index in [2.05, 4.69) is 20.8 Å². The molecule has 0 unspecified atom stereocenters. The van der Waals surface area contributed by atoms with Gasteiger partial charge < -0.3 is 15.6 Å². The van der Waals surface area contributed by atoms with E-state index in [1.807, 2.05) is 18.2 Å². The highest BCUT2D eigenvalue weighted by Crippen LogP contribution is 2.29. The molecule has 0 aliphatic rings. The fourth-order valence-corrected chi connectivity index (χ4v) is 1.30. The molecule has 0 aliphatic carbocycles. The van der Waals surface area contributed by atoms with Gasteiger partial charge in [0.2, 0.25) is 0 Å². The molecular formula is C12H19NO2. The maximum absolute atomic E-state index is 8.64. The summed E-state index contributed by atoms with van der Waals surface area (Å²) in [5.74, 6) is 0.636. The number of benzene rings is 1. The molecule has 84 valence electrons. The molecule has 15 heavy (non-hydrogen) atoms. The Kier molecular flexibility index (Phi) is 3.58. The molecule has 1 aromatic rings. The molecule has 0 bridgehead atoms. The first-order chi connectivity index (χ1) is 6.95. The molecule has 0 aliphatic heterocycles. The van der Waals surface area contributed by atoms with Gasteiger partial charge in [-0.1, -0.05) is 26.8 Å². The summed E-state index contributed by atoms with van der Waals surface area (Å²) in [6, 6.07) is 5.78. The number of aliphatic hydroxyl groups excluding tert-OH is 1. The Morgan fingerprint density at radius 2 is 2.00 bits per heavy atom. The highest BCUT2D eigenvalue weighted by molar-refractivity contribution is 5.55. The maximum Gasteiger partial charge on any atom is 0.142 e. The predicted molar refractivity (Wildman–Crippen MR) is 62.1 cm³/mol. The highest BCUT2D eigenvalue weighted by atomic mass is 16.5. The summed E-state index contributed by atoms with van der Waals surface area (Å²) in [7, 11) is 0. The third-order valence-corrected chi connectivity index (χ3v) is 2.22. The number of hydrogen-bond donors (Lipinski definition) is 2. The van der Waals surface area contributed by atoms with Crippen LogP contribution in [0, 0.1) is 0 Å². The summed E-state index contributed by atoms with van der Waals surface area (Å²) in [5, 5.41) is 8.64. The first-order valence-electron chi connectivity index (χ1n) is 5.09. The average molecular weight is 209 g/mol. The fraction of sp³-hybridized carbons (Fsp3) is 0.500. The van der Waals surface area contributed by atoms with Crippen LogP contribution in [0.1, 0.15) is 26.3 Å². The molecule has 3 nitrogen and oxygen atoms in total. The van der Waals surface area contributed by atoms with E-state index in [0.29, 0.717) is 11.4 Å². The van der Waals surface area contributed by atoms with E-state index in [4.69, 9.17) is 15.6 Å². The predicted octanol–water partition coefficient (Wildman–Crippen LogP) is 1.94. The van der Waals surface area contributed by atoms with Gasteiger partial charge in [-0.25, -0.2) is 0 Å². The van der Waals surface area contributed by atoms with E-state index in [0.717, 1.165) is 0 Å². The van der Waals surface area contributed by atoms with Gasteiger partial charge in [0.25, 0.3) is 0 Å². The van der Waals surface area contributed by atoms with Gasteiger partial charge in [-0.2, -0.15) is 0 Å². The molecule has 0 amide bonds. The second kappa shape index (κ2) is 4.53. The van der Waals surface area contributed by atoms with Crippen LogP contribution in [0.3, 0.4) is 0 Å². The minimum absolute atomic E-state index is 0.000459. The largest absolute Gasteiger partial charge is 0.489 e. The SMILES string of the molecule is CC(C)(C)c1ccc(OCCO)c(N)c1. The Hall–Kier alpha value is -1.22. The van der Waals surface area contributed by atoms with Crippen LogP contribution >= 0.6 is 0 Å². The third kappa shape index (κ3) is 3.13. The summed E-state index contributed by atoms with van der Waals surface area (Å²) >= 11 is 0. The highest BCUT2D eigenvalue weighted by Gasteiger charge is 2.14. The van der Waals surface area contributed by atoms with Crippen LogP contribution in [0.2, 0.25) is 0 Å². The van der Waals surface area contributed by atoms with Crippen LogP contribution < -0.4 is 10.5 Å². The lowest BCUT2D eigenvalue weighted by atomic mass is 9.87. The second-order valence-electron chi connectivity index (χ2n) is 4.57. The Labute approximate surface area is 90.9 Å². The van der Waals surface area contributed by atoms with Gasteiger partial charge >= 0.3 is 0 Å². The molecule has 0 aromatic heterocycles. The number of nitrogens with two attached hydrogens (primary N) is 1. The maximum atomic E-state index is 8.64. The van der Waals surface area contributed by atoms with E-state index >= 15 is 0 Å². The lowest BCUT2D eigenvalue weighted by Gasteiger charge is -2.20. The molecule has 0 atom stereocenters.